The molecule has 2 N–H and O–H groups in total. The Morgan fingerprint density at radius 1 is 1.20 bits per heavy atom. The second kappa shape index (κ2) is 13.3. The van der Waals surface area contributed by atoms with Gasteiger partial charge in [-0.25, -0.2) is 9.97 Å². The smallest absolute Gasteiger partial charge is 0.272 e. The molecule has 5 rings (SSSR count). The Balaban J connectivity index is 1.34. The summed E-state index contributed by atoms with van der Waals surface area (Å²) in [5.74, 6) is 0.304. The SMILES string of the molecule is COc1cc(C(C(=O)N2C[C@H](O)C[C@H]2c2ncc(C(=O)N(Cc3ccc(-c4scnc4C)cc3)CC(C)C)[nH]2)C(C)C)on1. The number of imidazole rings is 1. The van der Waals surface area contributed by atoms with Crippen molar-refractivity contribution in [3.63, 3.8) is 0 Å². The van der Waals surface area contributed by atoms with Crippen molar-refractivity contribution in [1.29, 1.82) is 0 Å². The van der Waals surface area contributed by atoms with Crippen LogP contribution in [0.1, 0.15) is 79.4 Å². The monoisotopic (exact) mass is 620 g/mol. The van der Waals surface area contributed by atoms with E-state index in [4.69, 9.17) is 9.26 Å². The molecule has 12 heteroatoms. The third-order valence-corrected chi connectivity index (χ3v) is 8.84. The summed E-state index contributed by atoms with van der Waals surface area (Å²) in [6.45, 7) is 11.2. The predicted molar refractivity (Wildman–Crippen MR) is 166 cm³/mol. The molecule has 1 fully saturated rings. The number of aliphatic hydroxyl groups is 1. The summed E-state index contributed by atoms with van der Waals surface area (Å²) in [4.78, 5) is 44.3. The molecular formula is C32H40N6O5S. The lowest BCUT2D eigenvalue weighted by molar-refractivity contribution is -0.135. The highest BCUT2D eigenvalue weighted by molar-refractivity contribution is 7.13. The van der Waals surface area contributed by atoms with Crippen molar-refractivity contribution >= 4 is 23.2 Å². The van der Waals surface area contributed by atoms with Crippen LogP contribution >= 0.6 is 11.3 Å². The zero-order valence-electron chi connectivity index (χ0n) is 26.0. The van der Waals surface area contributed by atoms with E-state index in [0.29, 0.717) is 42.7 Å². The van der Waals surface area contributed by atoms with E-state index in [9.17, 15) is 14.7 Å². The number of hydrogen-bond acceptors (Lipinski definition) is 9. The zero-order chi connectivity index (χ0) is 31.5. The molecule has 234 valence electrons. The van der Waals surface area contributed by atoms with Gasteiger partial charge in [0.1, 0.15) is 17.4 Å². The normalized spacial score (nSPS) is 17.4. The first-order valence-electron chi connectivity index (χ1n) is 14.9. The summed E-state index contributed by atoms with van der Waals surface area (Å²) in [6, 6.07) is 9.33. The van der Waals surface area contributed by atoms with Crippen molar-refractivity contribution in [2.24, 2.45) is 11.8 Å². The molecule has 0 saturated carbocycles. The fourth-order valence-corrected chi connectivity index (χ4v) is 6.56. The number of amides is 2. The van der Waals surface area contributed by atoms with Gasteiger partial charge in [-0.15, -0.1) is 11.3 Å². The Hall–Kier alpha value is -4.03. The third kappa shape index (κ3) is 6.71. The molecule has 1 aromatic carbocycles. The summed E-state index contributed by atoms with van der Waals surface area (Å²) in [5, 5.41) is 14.5. The molecule has 3 atom stereocenters. The number of methoxy groups -OCH3 is 1. The molecule has 0 spiro atoms. The highest BCUT2D eigenvalue weighted by Gasteiger charge is 2.42. The molecule has 0 aliphatic carbocycles. The van der Waals surface area contributed by atoms with Gasteiger partial charge in [0.05, 0.1) is 41.5 Å². The number of benzene rings is 1. The van der Waals surface area contributed by atoms with E-state index >= 15 is 0 Å². The maximum atomic E-state index is 13.9. The highest BCUT2D eigenvalue weighted by Crippen LogP contribution is 2.37. The van der Waals surface area contributed by atoms with Crippen molar-refractivity contribution in [1.82, 2.24) is 29.9 Å². The van der Waals surface area contributed by atoms with Crippen LogP contribution in [0.4, 0.5) is 0 Å². The number of aromatic nitrogens is 4. The fraction of sp³-hybridized carbons (Fsp3) is 0.469. The number of β-amino-alcohol motifs (C(OH)–C–C–N with tert-alkyl or cyclic N) is 1. The number of thiazole rings is 1. The van der Waals surface area contributed by atoms with Crippen LogP contribution in [-0.2, 0) is 11.3 Å². The minimum absolute atomic E-state index is 0.100. The number of nitrogens with zero attached hydrogens (tertiary/aromatic N) is 5. The molecule has 4 aromatic rings. The molecule has 11 nitrogen and oxygen atoms in total. The molecular weight excluding hydrogens is 580 g/mol. The summed E-state index contributed by atoms with van der Waals surface area (Å²) < 4.78 is 10.6. The van der Waals surface area contributed by atoms with Gasteiger partial charge in [-0.3, -0.25) is 9.59 Å². The number of carbonyl (C=O) groups excluding carboxylic acids is 2. The van der Waals surface area contributed by atoms with Crippen LogP contribution in [0.2, 0.25) is 0 Å². The van der Waals surface area contributed by atoms with Crippen LogP contribution in [0, 0.1) is 18.8 Å². The van der Waals surface area contributed by atoms with Crippen molar-refractivity contribution in [2.75, 3.05) is 20.2 Å². The van der Waals surface area contributed by atoms with Gasteiger partial charge in [-0.2, -0.15) is 0 Å². The summed E-state index contributed by atoms with van der Waals surface area (Å²) in [7, 11) is 1.49. The number of carbonyl (C=O) groups is 2. The van der Waals surface area contributed by atoms with Gasteiger partial charge < -0.3 is 29.2 Å². The molecule has 4 heterocycles. The fourth-order valence-electron chi connectivity index (χ4n) is 5.75. The van der Waals surface area contributed by atoms with E-state index in [-0.39, 0.29) is 30.2 Å². The first kappa shape index (κ1) is 31.4. The maximum absolute atomic E-state index is 13.9. The molecule has 0 radical (unpaired) electrons. The number of hydrogen-bond donors (Lipinski definition) is 2. The van der Waals surface area contributed by atoms with Crippen LogP contribution < -0.4 is 4.74 Å². The highest BCUT2D eigenvalue weighted by atomic mass is 32.1. The first-order valence-corrected chi connectivity index (χ1v) is 15.8. The van der Waals surface area contributed by atoms with Crippen molar-refractivity contribution in [2.45, 2.75) is 65.6 Å². The Kier molecular flexibility index (Phi) is 9.50. The van der Waals surface area contributed by atoms with E-state index in [2.05, 4.69) is 46.1 Å². The van der Waals surface area contributed by atoms with Crippen LogP contribution in [0.5, 0.6) is 5.88 Å². The second-order valence-electron chi connectivity index (χ2n) is 12.1. The lowest BCUT2D eigenvalue weighted by Gasteiger charge is -2.28. The quantitative estimate of drug-likeness (QED) is 0.233. The molecule has 1 saturated heterocycles. The van der Waals surface area contributed by atoms with Gasteiger partial charge in [0.25, 0.3) is 11.8 Å². The van der Waals surface area contributed by atoms with Crippen LogP contribution in [0.15, 0.2) is 46.6 Å². The first-order chi connectivity index (χ1) is 21.0. The van der Waals surface area contributed by atoms with Crippen molar-refractivity contribution in [3.05, 3.63) is 70.6 Å². The summed E-state index contributed by atoms with van der Waals surface area (Å²) >= 11 is 1.61. The average molecular weight is 621 g/mol. The van der Waals surface area contributed by atoms with Gasteiger partial charge in [-0.1, -0.05) is 52.0 Å². The van der Waals surface area contributed by atoms with Crippen molar-refractivity contribution < 1.29 is 24.0 Å². The van der Waals surface area contributed by atoms with E-state index in [1.54, 1.807) is 22.3 Å². The molecule has 44 heavy (non-hydrogen) atoms. The van der Waals surface area contributed by atoms with E-state index in [0.717, 1.165) is 21.7 Å². The van der Waals surface area contributed by atoms with Gasteiger partial charge in [0, 0.05) is 32.1 Å². The number of aryl methyl sites for hydroxylation is 1. The summed E-state index contributed by atoms with van der Waals surface area (Å²) in [5.41, 5.74) is 5.31. The van der Waals surface area contributed by atoms with Gasteiger partial charge in [0.15, 0.2) is 5.76 Å². The van der Waals surface area contributed by atoms with Crippen LogP contribution in [0.25, 0.3) is 10.4 Å². The number of aromatic amines is 1. The lowest BCUT2D eigenvalue weighted by Crippen LogP contribution is -2.37. The van der Waals surface area contributed by atoms with E-state index in [1.807, 2.05) is 43.3 Å². The number of rotatable bonds is 11. The number of likely N-dealkylation sites (tertiary alicyclic amines) is 1. The number of nitrogens with one attached hydrogen (secondary N) is 1. The van der Waals surface area contributed by atoms with E-state index < -0.39 is 18.1 Å². The van der Waals surface area contributed by atoms with Crippen molar-refractivity contribution in [3.8, 4) is 16.3 Å². The average Bonchev–Trinajstić information content (AvgIpc) is 3.79. The standard InChI is InChI=1S/C32H40N6O5S/c1-18(2)14-37(15-21-7-9-22(10-8-21)29-20(5)34-17-44-29)31(40)24-13-33-30(35-24)25-11-23(39)16-38(25)32(41)28(19(3)4)26-12-27(42-6)36-43-26/h7-10,12-13,17-19,23,25,28,39H,11,14-16H2,1-6H3,(H,33,35)/t23-,25+,28?/m1/s1. The predicted octanol–water partition coefficient (Wildman–Crippen LogP) is 5.21. The van der Waals surface area contributed by atoms with Gasteiger partial charge in [-0.05, 0) is 35.0 Å². The third-order valence-electron chi connectivity index (χ3n) is 7.87. The van der Waals surface area contributed by atoms with Crippen LogP contribution in [-0.4, -0.2) is 73.1 Å². The largest absolute Gasteiger partial charge is 0.479 e. The molecule has 1 unspecified atom stereocenters. The zero-order valence-corrected chi connectivity index (χ0v) is 26.8. The molecule has 1 aliphatic rings. The Morgan fingerprint density at radius 3 is 2.57 bits per heavy atom. The number of aliphatic hydroxyl groups excluding tert-OH is 1. The summed E-state index contributed by atoms with van der Waals surface area (Å²) in [6.07, 6.45) is 1.10. The van der Waals surface area contributed by atoms with Gasteiger partial charge in [0.2, 0.25) is 5.91 Å². The maximum Gasteiger partial charge on any atom is 0.272 e. The van der Waals surface area contributed by atoms with Gasteiger partial charge >= 0.3 is 0 Å². The Bertz CT molecular complexity index is 1580. The number of ether oxygens (including phenoxy) is 1. The van der Waals surface area contributed by atoms with Crippen LogP contribution in [0.3, 0.4) is 0 Å². The Morgan fingerprint density at radius 2 is 1.95 bits per heavy atom. The molecule has 3 aromatic heterocycles. The Labute approximate surface area is 261 Å². The molecule has 2 amide bonds. The minimum Gasteiger partial charge on any atom is -0.479 e. The molecule has 0 bridgehead atoms. The second-order valence-corrected chi connectivity index (χ2v) is 13.0. The molecule has 1 aliphatic heterocycles. The minimum atomic E-state index is -0.723. The topological polar surface area (TPSA) is 138 Å². The lowest BCUT2D eigenvalue weighted by atomic mass is 9.91. The number of H-pyrrole nitrogens is 1. The van der Waals surface area contributed by atoms with E-state index in [1.165, 1.54) is 13.3 Å².